The Morgan fingerprint density at radius 2 is 1.69 bits per heavy atom. The molecule has 1 aliphatic rings. The first-order valence-corrected chi connectivity index (χ1v) is 12.0. The van der Waals surface area contributed by atoms with E-state index in [0.29, 0.717) is 17.7 Å². The van der Waals surface area contributed by atoms with Gasteiger partial charge in [-0.25, -0.2) is 4.98 Å². The Kier molecular flexibility index (Phi) is 5.19. The van der Waals surface area contributed by atoms with Crippen molar-refractivity contribution in [2.24, 2.45) is 5.10 Å². The summed E-state index contributed by atoms with van der Waals surface area (Å²) in [7, 11) is -3.90. The lowest BCUT2D eigenvalue weighted by molar-refractivity contribution is 0.371. The maximum Gasteiger partial charge on any atom is 0.279 e. The first-order valence-electron chi connectivity index (χ1n) is 10.2. The molecule has 0 amide bonds. The molecule has 4 aromatic rings. The van der Waals surface area contributed by atoms with Gasteiger partial charge in [-0.05, 0) is 36.8 Å². The van der Waals surface area contributed by atoms with Gasteiger partial charge in [-0.2, -0.15) is 17.9 Å². The van der Waals surface area contributed by atoms with Crippen molar-refractivity contribution in [3.05, 3.63) is 107 Å². The highest BCUT2D eigenvalue weighted by molar-refractivity contribution is 7.89. The lowest BCUT2D eigenvalue weighted by atomic mass is 9.98. The molecule has 0 saturated heterocycles. The number of fused-ring (bicyclic) bond motifs is 1. The van der Waals surface area contributed by atoms with Crippen LogP contribution in [0.2, 0.25) is 5.15 Å². The van der Waals surface area contributed by atoms with E-state index in [1.165, 1.54) is 4.41 Å². The first-order chi connectivity index (χ1) is 15.4. The van der Waals surface area contributed by atoms with Crippen molar-refractivity contribution < 1.29 is 8.42 Å². The fourth-order valence-electron chi connectivity index (χ4n) is 3.98. The van der Waals surface area contributed by atoms with E-state index in [-0.39, 0.29) is 10.0 Å². The summed E-state index contributed by atoms with van der Waals surface area (Å²) >= 11 is 6.58. The third-order valence-corrected chi connectivity index (χ3v) is 7.57. The number of para-hydroxylation sites is 1. The SMILES string of the molecule is Cc1cccc(C2=NN(S(=O)(=O)c3ccccc3)[C@H](c3cc4ccccc4nc3Cl)C2)c1. The summed E-state index contributed by atoms with van der Waals surface area (Å²) in [6.07, 6.45) is 0.398. The summed E-state index contributed by atoms with van der Waals surface area (Å²) in [5.41, 5.74) is 4.07. The zero-order chi connectivity index (χ0) is 22.3. The van der Waals surface area contributed by atoms with Crippen LogP contribution in [0.3, 0.4) is 0 Å². The zero-order valence-electron chi connectivity index (χ0n) is 17.3. The number of nitrogens with zero attached hydrogens (tertiary/aromatic N) is 3. The molecule has 2 heterocycles. The molecule has 7 heteroatoms. The average molecular weight is 462 g/mol. The summed E-state index contributed by atoms with van der Waals surface area (Å²) in [4.78, 5) is 4.70. The Balaban J connectivity index is 1.66. The summed E-state index contributed by atoms with van der Waals surface area (Å²) < 4.78 is 28.4. The van der Waals surface area contributed by atoms with Crippen LogP contribution >= 0.6 is 11.6 Å². The summed E-state index contributed by atoms with van der Waals surface area (Å²) in [5.74, 6) is 0. The fourth-order valence-corrected chi connectivity index (χ4v) is 5.70. The molecule has 5 rings (SSSR count). The van der Waals surface area contributed by atoms with Crippen LogP contribution in [0.15, 0.2) is 94.9 Å². The van der Waals surface area contributed by atoms with Crippen LogP contribution in [0.5, 0.6) is 0 Å². The Morgan fingerprint density at radius 3 is 2.47 bits per heavy atom. The second-order valence-electron chi connectivity index (χ2n) is 7.79. The van der Waals surface area contributed by atoms with Crippen LogP contribution in [0.25, 0.3) is 10.9 Å². The van der Waals surface area contributed by atoms with Crippen molar-refractivity contribution in [3.63, 3.8) is 0 Å². The number of benzene rings is 3. The zero-order valence-corrected chi connectivity index (χ0v) is 18.9. The number of hydrogen-bond acceptors (Lipinski definition) is 4. The minimum absolute atomic E-state index is 0.184. The van der Waals surface area contributed by atoms with Gasteiger partial charge in [-0.15, -0.1) is 0 Å². The predicted octanol–water partition coefficient (Wildman–Crippen LogP) is 5.74. The highest BCUT2D eigenvalue weighted by Crippen LogP contribution is 2.40. The van der Waals surface area contributed by atoms with Crippen LogP contribution in [-0.2, 0) is 10.0 Å². The van der Waals surface area contributed by atoms with E-state index in [2.05, 4.69) is 10.1 Å². The number of hydrogen-bond donors (Lipinski definition) is 0. The van der Waals surface area contributed by atoms with E-state index in [1.807, 2.05) is 61.5 Å². The second-order valence-corrected chi connectivity index (χ2v) is 9.94. The molecule has 1 aliphatic heterocycles. The number of halogens is 1. The maximum atomic E-state index is 13.6. The molecular formula is C25H20ClN3O2S. The van der Waals surface area contributed by atoms with Crippen LogP contribution in [-0.4, -0.2) is 23.5 Å². The monoisotopic (exact) mass is 461 g/mol. The highest BCUT2D eigenvalue weighted by atomic mass is 35.5. The third-order valence-electron chi connectivity index (χ3n) is 5.57. The molecule has 3 aromatic carbocycles. The van der Waals surface area contributed by atoms with Crippen LogP contribution in [0.4, 0.5) is 0 Å². The van der Waals surface area contributed by atoms with Gasteiger partial charge in [-0.1, -0.05) is 77.8 Å². The molecule has 0 aliphatic carbocycles. The van der Waals surface area contributed by atoms with Gasteiger partial charge in [0.2, 0.25) is 0 Å². The Labute approximate surface area is 192 Å². The van der Waals surface area contributed by atoms with Crippen molar-refractivity contribution >= 4 is 38.2 Å². The van der Waals surface area contributed by atoms with Gasteiger partial charge in [0.25, 0.3) is 10.0 Å². The highest BCUT2D eigenvalue weighted by Gasteiger charge is 2.39. The number of hydrazone groups is 1. The molecule has 0 spiro atoms. The maximum absolute atomic E-state index is 13.6. The van der Waals surface area contributed by atoms with Crippen molar-refractivity contribution in [2.75, 3.05) is 0 Å². The van der Waals surface area contributed by atoms with Gasteiger partial charge >= 0.3 is 0 Å². The first kappa shape index (κ1) is 20.7. The van der Waals surface area contributed by atoms with Crippen molar-refractivity contribution in [2.45, 2.75) is 24.3 Å². The van der Waals surface area contributed by atoms with E-state index in [9.17, 15) is 8.42 Å². The molecular weight excluding hydrogens is 442 g/mol. The smallest absolute Gasteiger partial charge is 0.236 e. The van der Waals surface area contributed by atoms with Gasteiger partial charge in [0.15, 0.2) is 0 Å². The van der Waals surface area contributed by atoms with E-state index in [1.54, 1.807) is 30.3 Å². The van der Waals surface area contributed by atoms with Gasteiger partial charge in [-0.3, -0.25) is 0 Å². The molecule has 5 nitrogen and oxygen atoms in total. The normalized spacial score (nSPS) is 16.4. The molecule has 1 aromatic heterocycles. The lowest BCUT2D eigenvalue weighted by Gasteiger charge is -2.24. The van der Waals surface area contributed by atoms with Crippen molar-refractivity contribution in [3.8, 4) is 0 Å². The molecule has 0 radical (unpaired) electrons. The molecule has 0 fully saturated rings. The van der Waals surface area contributed by atoms with E-state index in [0.717, 1.165) is 22.0 Å². The Bertz CT molecular complexity index is 1450. The number of rotatable bonds is 4. The molecule has 0 unspecified atom stereocenters. The average Bonchev–Trinajstić information content (AvgIpc) is 3.25. The molecule has 1 atom stereocenters. The molecule has 160 valence electrons. The predicted molar refractivity (Wildman–Crippen MR) is 127 cm³/mol. The minimum atomic E-state index is -3.90. The molecule has 0 saturated carbocycles. The topological polar surface area (TPSA) is 62.6 Å². The Hall–Kier alpha value is -3.22. The van der Waals surface area contributed by atoms with Gasteiger partial charge < -0.3 is 0 Å². The fraction of sp³-hybridized carbons (Fsp3) is 0.120. The van der Waals surface area contributed by atoms with Crippen molar-refractivity contribution in [1.29, 1.82) is 0 Å². The summed E-state index contributed by atoms with van der Waals surface area (Å²) in [5, 5.41) is 5.78. The molecule has 0 bridgehead atoms. The minimum Gasteiger partial charge on any atom is -0.236 e. The molecule has 0 N–H and O–H groups in total. The van der Waals surface area contributed by atoms with Crippen LogP contribution in [0.1, 0.15) is 29.2 Å². The van der Waals surface area contributed by atoms with E-state index in [4.69, 9.17) is 11.6 Å². The number of pyridine rings is 1. The lowest BCUT2D eigenvalue weighted by Crippen LogP contribution is -2.27. The Morgan fingerprint density at radius 1 is 0.938 bits per heavy atom. The van der Waals surface area contributed by atoms with Crippen LogP contribution in [0, 0.1) is 6.92 Å². The van der Waals surface area contributed by atoms with Gasteiger partial charge in [0, 0.05) is 17.4 Å². The molecule has 32 heavy (non-hydrogen) atoms. The van der Waals surface area contributed by atoms with Gasteiger partial charge in [0.1, 0.15) is 5.15 Å². The number of sulfonamides is 1. The third kappa shape index (κ3) is 3.66. The largest absolute Gasteiger partial charge is 0.279 e. The summed E-state index contributed by atoms with van der Waals surface area (Å²) in [6, 6.07) is 25.2. The van der Waals surface area contributed by atoms with Crippen molar-refractivity contribution in [1.82, 2.24) is 9.40 Å². The quantitative estimate of drug-likeness (QED) is 0.364. The second kappa shape index (κ2) is 8.04. The van der Waals surface area contributed by atoms with E-state index < -0.39 is 16.1 Å². The summed E-state index contributed by atoms with van der Waals surface area (Å²) in [6.45, 7) is 2.00. The number of aromatic nitrogens is 1. The standard InChI is InChI=1S/C25H20ClN3O2S/c1-17-8-7-10-18(14-17)23-16-24(21-15-19-9-5-6-13-22(19)27-25(21)26)29(28-23)32(30,31)20-11-3-2-4-12-20/h2-15,24H,16H2,1H3/t24-/m0/s1. The van der Waals surface area contributed by atoms with E-state index >= 15 is 0 Å². The van der Waals surface area contributed by atoms with Crippen LogP contribution < -0.4 is 0 Å². The number of aryl methyl sites for hydroxylation is 1. The van der Waals surface area contributed by atoms with Gasteiger partial charge in [0.05, 0.1) is 22.2 Å².